The van der Waals surface area contributed by atoms with Crippen LogP contribution < -0.4 is 0 Å². The first-order chi connectivity index (χ1) is 6.31. The number of unbranched alkanes of at least 4 members (excludes halogenated alkanes) is 5. The summed E-state index contributed by atoms with van der Waals surface area (Å²) in [7, 11) is -0.467. The molecule has 0 rings (SSSR count). The van der Waals surface area contributed by atoms with Crippen molar-refractivity contribution < 1.29 is 13.6 Å². The Morgan fingerprint density at radius 1 is 1.08 bits per heavy atom. The van der Waals surface area contributed by atoms with Crippen molar-refractivity contribution in [3.05, 3.63) is 0 Å². The van der Waals surface area contributed by atoms with E-state index >= 15 is 0 Å². The van der Waals surface area contributed by atoms with Gasteiger partial charge in [-0.05, 0) is 6.42 Å². The lowest BCUT2D eigenvalue weighted by molar-refractivity contribution is 0.250. The normalized spacial score (nSPS) is 11.7. The lowest BCUT2D eigenvalue weighted by atomic mass is 10.1. The second kappa shape index (κ2) is 10.1. The van der Waals surface area contributed by atoms with Crippen LogP contribution in [-0.4, -0.2) is 13.7 Å². The Hall–Kier alpha value is 0.0200. The molecule has 0 saturated carbocycles. The van der Waals surface area contributed by atoms with Crippen molar-refractivity contribution in [2.75, 3.05) is 13.7 Å². The zero-order valence-electron chi connectivity index (χ0n) is 8.62. The SMILES string of the molecule is CCCCCCCCO[P+](=O)OC. The maximum absolute atomic E-state index is 10.7. The number of hydrogen-bond acceptors (Lipinski definition) is 3. The molecule has 0 radical (unpaired) electrons. The minimum Gasteiger partial charge on any atom is -0.122 e. The lowest BCUT2D eigenvalue weighted by Crippen LogP contribution is -1.88. The fraction of sp³-hybridized carbons (Fsp3) is 1.00. The van der Waals surface area contributed by atoms with Crippen LogP contribution in [0, 0.1) is 0 Å². The Bertz CT molecular complexity index is 128. The summed E-state index contributed by atoms with van der Waals surface area (Å²) in [5, 5.41) is 0. The molecule has 0 aromatic rings. The largest absolute Gasteiger partial charge is 0.697 e. The molecule has 0 heterocycles. The predicted molar refractivity (Wildman–Crippen MR) is 53.9 cm³/mol. The average molecular weight is 207 g/mol. The maximum atomic E-state index is 10.7. The second-order valence-corrected chi connectivity index (χ2v) is 4.08. The van der Waals surface area contributed by atoms with E-state index in [-0.39, 0.29) is 0 Å². The molecule has 1 atom stereocenters. The van der Waals surface area contributed by atoms with Crippen molar-refractivity contribution in [3.63, 3.8) is 0 Å². The highest BCUT2D eigenvalue weighted by molar-refractivity contribution is 7.33. The first-order valence-electron chi connectivity index (χ1n) is 4.95. The molecule has 0 saturated heterocycles. The van der Waals surface area contributed by atoms with Gasteiger partial charge in [0, 0.05) is 4.57 Å². The van der Waals surface area contributed by atoms with Gasteiger partial charge >= 0.3 is 8.25 Å². The fourth-order valence-electron chi connectivity index (χ4n) is 1.07. The van der Waals surface area contributed by atoms with Gasteiger partial charge in [-0.1, -0.05) is 39.0 Å². The van der Waals surface area contributed by atoms with Crippen LogP contribution in [0.1, 0.15) is 45.4 Å². The van der Waals surface area contributed by atoms with Crippen LogP contribution >= 0.6 is 8.25 Å². The highest BCUT2D eigenvalue weighted by Crippen LogP contribution is 2.21. The first kappa shape index (κ1) is 13.0. The second-order valence-electron chi connectivity index (χ2n) is 3.01. The predicted octanol–water partition coefficient (Wildman–Crippen LogP) is 3.67. The zero-order chi connectivity index (χ0) is 9.94. The maximum Gasteiger partial charge on any atom is 0.697 e. The number of hydrogen-bond donors (Lipinski definition) is 0. The van der Waals surface area contributed by atoms with Crippen LogP contribution in [0.25, 0.3) is 0 Å². The zero-order valence-corrected chi connectivity index (χ0v) is 9.52. The molecule has 0 aliphatic carbocycles. The third-order valence-corrected chi connectivity index (χ3v) is 2.54. The van der Waals surface area contributed by atoms with Gasteiger partial charge in [0.05, 0.1) is 7.11 Å². The summed E-state index contributed by atoms with van der Waals surface area (Å²) in [4.78, 5) is 0. The van der Waals surface area contributed by atoms with E-state index in [2.05, 4.69) is 11.4 Å². The highest BCUT2D eigenvalue weighted by Gasteiger charge is 2.15. The minimum absolute atomic E-state index is 0.551. The Kier molecular flexibility index (Phi) is 10.1. The Balaban J connectivity index is 2.95. The van der Waals surface area contributed by atoms with Crippen molar-refractivity contribution >= 4 is 8.25 Å². The molecule has 0 aromatic carbocycles. The molecule has 0 spiro atoms. The van der Waals surface area contributed by atoms with Crippen molar-refractivity contribution in [2.45, 2.75) is 45.4 Å². The summed E-state index contributed by atoms with van der Waals surface area (Å²) >= 11 is 0. The van der Waals surface area contributed by atoms with E-state index < -0.39 is 8.25 Å². The third kappa shape index (κ3) is 9.94. The average Bonchev–Trinajstić information content (AvgIpc) is 2.16. The van der Waals surface area contributed by atoms with E-state index in [4.69, 9.17) is 4.52 Å². The molecular weight excluding hydrogens is 187 g/mol. The topological polar surface area (TPSA) is 35.5 Å². The van der Waals surface area contributed by atoms with Gasteiger partial charge in [-0.15, -0.1) is 9.05 Å². The molecule has 0 aliphatic rings. The van der Waals surface area contributed by atoms with E-state index in [1.54, 1.807) is 0 Å². The summed E-state index contributed by atoms with van der Waals surface area (Å²) in [5.74, 6) is 0. The first-order valence-corrected chi connectivity index (χ1v) is 6.05. The fourth-order valence-corrected chi connectivity index (χ4v) is 1.46. The quantitative estimate of drug-likeness (QED) is 0.427. The van der Waals surface area contributed by atoms with Crippen LogP contribution in [0.4, 0.5) is 0 Å². The molecule has 0 aliphatic heterocycles. The third-order valence-electron chi connectivity index (χ3n) is 1.84. The standard InChI is InChI=1S/C9H20O3P/c1-3-4-5-6-7-8-9-12-13(10)11-2/h3-9H2,1-2H3/q+1. The summed E-state index contributed by atoms with van der Waals surface area (Å²) < 4.78 is 20.0. The molecule has 3 nitrogen and oxygen atoms in total. The Morgan fingerprint density at radius 2 is 1.69 bits per heavy atom. The highest BCUT2D eigenvalue weighted by atomic mass is 31.1. The van der Waals surface area contributed by atoms with Gasteiger partial charge in [-0.25, -0.2) is 0 Å². The molecule has 4 heteroatoms. The summed E-state index contributed by atoms with van der Waals surface area (Å²) in [5.41, 5.74) is 0. The van der Waals surface area contributed by atoms with Gasteiger partial charge in [0.15, 0.2) is 0 Å². The summed E-state index contributed by atoms with van der Waals surface area (Å²) in [6.07, 6.45) is 7.27. The summed E-state index contributed by atoms with van der Waals surface area (Å²) in [6.45, 7) is 2.75. The van der Waals surface area contributed by atoms with E-state index in [0.29, 0.717) is 6.61 Å². The Labute approximate surface area is 81.8 Å². The van der Waals surface area contributed by atoms with E-state index in [0.717, 1.165) is 12.8 Å². The van der Waals surface area contributed by atoms with Crippen molar-refractivity contribution in [1.82, 2.24) is 0 Å². The van der Waals surface area contributed by atoms with Crippen LogP contribution in [0.3, 0.4) is 0 Å². The van der Waals surface area contributed by atoms with Gasteiger partial charge in [0.25, 0.3) is 0 Å². The van der Waals surface area contributed by atoms with Crippen molar-refractivity contribution in [3.8, 4) is 0 Å². The molecule has 0 amide bonds. The van der Waals surface area contributed by atoms with E-state index in [1.165, 1.54) is 32.8 Å². The molecule has 78 valence electrons. The molecule has 13 heavy (non-hydrogen) atoms. The molecule has 0 N–H and O–H groups in total. The van der Waals surface area contributed by atoms with E-state index in [9.17, 15) is 4.57 Å². The Morgan fingerprint density at radius 3 is 2.31 bits per heavy atom. The van der Waals surface area contributed by atoms with Gasteiger partial charge < -0.3 is 0 Å². The van der Waals surface area contributed by atoms with Crippen molar-refractivity contribution in [1.29, 1.82) is 0 Å². The molecule has 0 bridgehead atoms. The molecule has 0 aromatic heterocycles. The van der Waals surface area contributed by atoms with E-state index in [1.807, 2.05) is 0 Å². The van der Waals surface area contributed by atoms with Crippen LogP contribution in [-0.2, 0) is 13.6 Å². The minimum atomic E-state index is -1.86. The summed E-state index contributed by atoms with van der Waals surface area (Å²) in [6, 6.07) is 0. The van der Waals surface area contributed by atoms with Gasteiger partial charge in [-0.2, -0.15) is 0 Å². The van der Waals surface area contributed by atoms with Gasteiger partial charge in [0.2, 0.25) is 0 Å². The van der Waals surface area contributed by atoms with Crippen molar-refractivity contribution in [2.24, 2.45) is 0 Å². The molecule has 0 fully saturated rings. The van der Waals surface area contributed by atoms with Gasteiger partial charge in [0.1, 0.15) is 6.61 Å². The molecular formula is C9H20O3P+. The lowest BCUT2D eigenvalue weighted by Gasteiger charge is -1.96. The van der Waals surface area contributed by atoms with Crippen LogP contribution in [0.2, 0.25) is 0 Å². The molecule has 1 unspecified atom stereocenters. The number of rotatable bonds is 9. The van der Waals surface area contributed by atoms with Crippen LogP contribution in [0.5, 0.6) is 0 Å². The monoisotopic (exact) mass is 207 g/mol. The van der Waals surface area contributed by atoms with Gasteiger partial charge in [-0.3, -0.25) is 0 Å². The van der Waals surface area contributed by atoms with Crippen LogP contribution in [0.15, 0.2) is 0 Å². The smallest absolute Gasteiger partial charge is 0.122 e.